The van der Waals surface area contributed by atoms with E-state index in [-0.39, 0.29) is 17.6 Å². The molecule has 0 spiro atoms. The van der Waals surface area contributed by atoms with E-state index in [1.165, 1.54) is 12.1 Å². The molecule has 7 heteroatoms. The van der Waals surface area contributed by atoms with Crippen LogP contribution in [-0.4, -0.2) is 27.5 Å². The molecule has 0 N–H and O–H groups in total. The van der Waals surface area contributed by atoms with Crippen molar-refractivity contribution in [1.29, 1.82) is 0 Å². The summed E-state index contributed by atoms with van der Waals surface area (Å²) in [6, 6.07) is 13.4. The van der Waals surface area contributed by atoms with E-state index in [1.807, 2.05) is 18.2 Å². The van der Waals surface area contributed by atoms with Crippen molar-refractivity contribution in [2.45, 2.75) is 18.9 Å². The number of halogens is 2. The predicted molar refractivity (Wildman–Crippen MR) is 93.9 cm³/mol. The van der Waals surface area contributed by atoms with E-state index in [0.29, 0.717) is 41.8 Å². The van der Waals surface area contributed by atoms with Gasteiger partial charge in [0, 0.05) is 30.1 Å². The topological polar surface area (TPSA) is 59.2 Å². The summed E-state index contributed by atoms with van der Waals surface area (Å²) in [7, 11) is 0. The SMILES string of the molecule is O=C1CC(c2nc(-c3cccc(F)c3)no2)CN1Cc1ccccc1Cl. The maximum absolute atomic E-state index is 13.4. The number of benzene rings is 2. The smallest absolute Gasteiger partial charge is 0.232 e. The Hall–Kier alpha value is -2.73. The second-order valence-electron chi connectivity index (χ2n) is 6.23. The van der Waals surface area contributed by atoms with E-state index in [4.69, 9.17) is 16.1 Å². The van der Waals surface area contributed by atoms with Gasteiger partial charge in [0.2, 0.25) is 17.6 Å². The van der Waals surface area contributed by atoms with Crippen LogP contribution in [0.25, 0.3) is 11.4 Å². The second-order valence-corrected chi connectivity index (χ2v) is 6.64. The van der Waals surface area contributed by atoms with Gasteiger partial charge in [-0.2, -0.15) is 4.98 Å². The molecule has 0 aliphatic carbocycles. The molecule has 0 bridgehead atoms. The molecule has 1 fully saturated rings. The van der Waals surface area contributed by atoms with Crippen LogP contribution in [0.1, 0.15) is 23.8 Å². The molecule has 1 aromatic heterocycles. The Morgan fingerprint density at radius 2 is 2.08 bits per heavy atom. The Kier molecular flexibility index (Phi) is 4.42. The minimum Gasteiger partial charge on any atom is -0.339 e. The van der Waals surface area contributed by atoms with Crippen molar-refractivity contribution < 1.29 is 13.7 Å². The summed E-state index contributed by atoms with van der Waals surface area (Å²) in [5.41, 5.74) is 1.44. The van der Waals surface area contributed by atoms with Gasteiger partial charge < -0.3 is 9.42 Å². The van der Waals surface area contributed by atoms with Gasteiger partial charge >= 0.3 is 0 Å². The minimum atomic E-state index is -0.365. The largest absolute Gasteiger partial charge is 0.339 e. The molecule has 1 atom stereocenters. The molecular formula is C19H15ClFN3O2. The highest BCUT2D eigenvalue weighted by atomic mass is 35.5. The van der Waals surface area contributed by atoms with Crippen molar-refractivity contribution in [3.8, 4) is 11.4 Å². The fraction of sp³-hybridized carbons (Fsp3) is 0.211. The number of likely N-dealkylation sites (tertiary alicyclic amines) is 1. The highest BCUT2D eigenvalue weighted by molar-refractivity contribution is 6.31. The molecule has 0 saturated carbocycles. The summed E-state index contributed by atoms with van der Waals surface area (Å²) >= 11 is 6.18. The lowest BCUT2D eigenvalue weighted by molar-refractivity contribution is -0.128. The molecule has 1 saturated heterocycles. The summed E-state index contributed by atoms with van der Waals surface area (Å²) in [6.45, 7) is 0.925. The first-order chi connectivity index (χ1) is 12.6. The van der Waals surface area contributed by atoms with Crippen molar-refractivity contribution in [2.75, 3.05) is 6.54 Å². The lowest BCUT2D eigenvalue weighted by Gasteiger charge is -2.16. The van der Waals surface area contributed by atoms with Crippen LogP contribution in [0.5, 0.6) is 0 Å². The van der Waals surface area contributed by atoms with Crippen LogP contribution in [0.15, 0.2) is 53.1 Å². The number of carbonyl (C=O) groups excluding carboxylic acids is 1. The Morgan fingerprint density at radius 3 is 2.88 bits per heavy atom. The summed E-state index contributed by atoms with van der Waals surface area (Å²) in [6.07, 6.45) is 0.301. The van der Waals surface area contributed by atoms with Crippen molar-refractivity contribution in [1.82, 2.24) is 15.0 Å². The molecule has 1 unspecified atom stereocenters. The zero-order valence-corrected chi connectivity index (χ0v) is 14.5. The van der Waals surface area contributed by atoms with Gasteiger partial charge in [0.15, 0.2) is 0 Å². The van der Waals surface area contributed by atoms with Crippen LogP contribution >= 0.6 is 11.6 Å². The number of aromatic nitrogens is 2. The molecule has 3 aromatic rings. The monoisotopic (exact) mass is 371 g/mol. The maximum Gasteiger partial charge on any atom is 0.232 e. The third kappa shape index (κ3) is 3.32. The molecule has 5 nitrogen and oxygen atoms in total. The van der Waals surface area contributed by atoms with Gasteiger partial charge in [-0.05, 0) is 23.8 Å². The van der Waals surface area contributed by atoms with Gasteiger partial charge in [-0.15, -0.1) is 0 Å². The van der Waals surface area contributed by atoms with E-state index in [9.17, 15) is 9.18 Å². The van der Waals surface area contributed by atoms with Crippen molar-refractivity contribution in [3.63, 3.8) is 0 Å². The average molecular weight is 372 g/mol. The third-order valence-electron chi connectivity index (χ3n) is 4.41. The summed E-state index contributed by atoms with van der Waals surface area (Å²) in [5, 5.41) is 4.55. The number of rotatable bonds is 4. The van der Waals surface area contributed by atoms with E-state index in [1.54, 1.807) is 23.1 Å². The van der Waals surface area contributed by atoms with Gasteiger partial charge in [0.05, 0.1) is 5.92 Å². The predicted octanol–water partition coefficient (Wildman–Crippen LogP) is 4.05. The van der Waals surface area contributed by atoms with Crippen molar-refractivity contribution >= 4 is 17.5 Å². The van der Waals surface area contributed by atoms with Gasteiger partial charge in [-0.1, -0.05) is 47.1 Å². The van der Waals surface area contributed by atoms with Gasteiger partial charge in [0.25, 0.3) is 0 Å². The zero-order valence-electron chi connectivity index (χ0n) is 13.7. The normalized spacial score (nSPS) is 17.1. The van der Waals surface area contributed by atoms with Gasteiger partial charge in [-0.3, -0.25) is 4.79 Å². The third-order valence-corrected chi connectivity index (χ3v) is 4.78. The molecule has 132 valence electrons. The number of nitrogens with zero attached hydrogens (tertiary/aromatic N) is 3. The van der Waals surface area contributed by atoms with E-state index in [0.717, 1.165) is 5.56 Å². The molecule has 2 heterocycles. The summed E-state index contributed by atoms with van der Waals surface area (Å²) in [5.74, 6) is 0.173. The van der Waals surface area contributed by atoms with Crippen LogP contribution in [0.4, 0.5) is 4.39 Å². The van der Waals surface area contributed by atoms with Crippen LogP contribution < -0.4 is 0 Å². The second kappa shape index (κ2) is 6.88. The molecule has 26 heavy (non-hydrogen) atoms. The molecule has 1 aliphatic rings. The Bertz CT molecular complexity index is 959. The van der Waals surface area contributed by atoms with E-state index >= 15 is 0 Å². The van der Waals surface area contributed by atoms with Crippen molar-refractivity contribution in [3.05, 3.63) is 70.8 Å². The number of hydrogen-bond acceptors (Lipinski definition) is 4. The molecule has 2 aromatic carbocycles. The summed E-state index contributed by atoms with van der Waals surface area (Å²) in [4.78, 5) is 18.4. The van der Waals surface area contributed by atoms with Gasteiger partial charge in [-0.25, -0.2) is 4.39 Å². The molecule has 4 rings (SSSR count). The fourth-order valence-electron chi connectivity index (χ4n) is 3.07. The van der Waals surface area contributed by atoms with Crippen LogP contribution in [0.2, 0.25) is 5.02 Å². The minimum absolute atomic E-state index is 0.0143. The summed E-state index contributed by atoms with van der Waals surface area (Å²) < 4.78 is 18.7. The van der Waals surface area contributed by atoms with E-state index in [2.05, 4.69) is 10.1 Å². The molecule has 1 aliphatic heterocycles. The van der Waals surface area contributed by atoms with Crippen LogP contribution in [-0.2, 0) is 11.3 Å². The van der Waals surface area contributed by atoms with E-state index < -0.39 is 0 Å². The Balaban J connectivity index is 1.50. The van der Waals surface area contributed by atoms with Crippen molar-refractivity contribution in [2.24, 2.45) is 0 Å². The average Bonchev–Trinajstić information content (AvgIpc) is 3.24. The lowest BCUT2D eigenvalue weighted by Crippen LogP contribution is -2.24. The Labute approximate surface area is 154 Å². The molecule has 0 radical (unpaired) electrons. The molecule has 1 amide bonds. The van der Waals surface area contributed by atoms with Gasteiger partial charge in [0.1, 0.15) is 5.82 Å². The highest BCUT2D eigenvalue weighted by Crippen LogP contribution is 2.30. The first kappa shape index (κ1) is 16.7. The zero-order chi connectivity index (χ0) is 18.1. The standard InChI is InChI=1S/C19H15ClFN3O2/c20-16-7-2-1-4-13(16)10-24-11-14(9-17(24)25)19-22-18(23-26-19)12-5-3-6-15(21)8-12/h1-8,14H,9-11H2. The highest BCUT2D eigenvalue weighted by Gasteiger charge is 2.34. The number of hydrogen-bond donors (Lipinski definition) is 0. The lowest BCUT2D eigenvalue weighted by atomic mass is 10.1. The quantitative estimate of drug-likeness (QED) is 0.694. The fourth-order valence-corrected chi connectivity index (χ4v) is 3.26. The maximum atomic E-state index is 13.4. The van der Waals surface area contributed by atoms with Crippen LogP contribution in [0, 0.1) is 5.82 Å². The van der Waals surface area contributed by atoms with Crippen LogP contribution in [0.3, 0.4) is 0 Å². The Morgan fingerprint density at radius 1 is 1.23 bits per heavy atom. The number of amides is 1. The molecular weight excluding hydrogens is 357 g/mol. The first-order valence-electron chi connectivity index (χ1n) is 8.21. The number of carbonyl (C=O) groups is 1. The first-order valence-corrected chi connectivity index (χ1v) is 8.58.